The van der Waals surface area contributed by atoms with Gasteiger partial charge in [-0.2, -0.15) is 0 Å². The number of hydrogen-bond acceptors (Lipinski definition) is 0. The average Bonchev–Trinajstić information content (AvgIpc) is 2.17. The zero-order valence-corrected chi connectivity index (χ0v) is 18.4. The van der Waals surface area contributed by atoms with Crippen LogP contribution in [0.5, 0.6) is 0 Å². The van der Waals surface area contributed by atoms with E-state index in [-0.39, 0.29) is 0 Å². The van der Waals surface area contributed by atoms with Crippen LogP contribution in [0.2, 0.25) is 17.7 Å². The van der Waals surface area contributed by atoms with Crippen molar-refractivity contribution in [1.82, 2.24) is 0 Å². The number of hydrogen-bond donors (Lipinski definition) is 0. The van der Waals surface area contributed by atoms with Gasteiger partial charge in [0.2, 0.25) is 0 Å². The van der Waals surface area contributed by atoms with Crippen LogP contribution < -0.4 is 0 Å². The summed E-state index contributed by atoms with van der Waals surface area (Å²) in [6.07, 6.45) is 2.21. The molecule has 0 amide bonds. The predicted molar refractivity (Wildman–Crippen MR) is 80.2 cm³/mol. The number of halogens is 3. The molecule has 0 aromatic rings. The van der Waals surface area contributed by atoms with Crippen molar-refractivity contribution < 1.29 is 0 Å². The quantitative estimate of drug-likeness (QED) is 0.404. The van der Waals surface area contributed by atoms with Gasteiger partial charge in [-0.3, -0.25) is 0 Å². The van der Waals surface area contributed by atoms with Gasteiger partial charge in [-0.25, -0.2) is 0 Å². The standard InChI is InChI=1S/C4H9.3C2H5.3ClH.2Sn/c1-3-4-2;3*1-2;;;;;/h1,3-4H2,2H3;3*1H2,2H3;3*1H;;/q;;;;;;;;+3/p-3. The van der Waals surface area contributed by atoms with E-state index in [0.717, 1.165) is 17.3 Å². The Hall–Kier alpha value is 2.47. The van der Waals surface area contributed by atoms with Crippen LogP contribution in [-0.2, 0) is 0 Å². The molecular formula is C10H24Cl3Sn2. The van der Waals surface area contributed by atoms with Crippen LogP contribution in [0, 0.1) is 0 Å². The maximum absolute atomic E-state index is 5.65. The van der Waals surface area contributed by atoms with E-state index in [0.29, 0.717) is 0 Å². The van der Waals surface area contributed by atoms with E-state index < -0.39 is 34.8 Å². The van der Waals surface area contributed by atoms with E-state index in [1.54, 1.807) is 13.3 Å². The topological polar surface area (TPSA) is 0 Å². The fourth-order valence-electron chi connectivity index (χ4n) is 1.13. The summed E-state index contributed by atoms with van der Waals surface area (Å²) in [7, 11) is 17.0. The summed E-state index contributed by atoms with van der Waals surface area (Å²) in [6, 6.07) is 0. The molecule has 0 rings (SSSR count). The van der Waals surface area contributed by atoms with Crippen LogP contribution >= 0.6 is 26.8 Å². The second-order valence-corrected chi connectivity index (χ2v) is 35.7. The Bertz CT molecular complexity index is 117. The summed E-state index contributed by atoms with van der Waals surface area (Å²) in [5.41, 5.74) is 0. The van der Waals surface area contributed by atoms with E-state index in [2.05, 4.69) is 27.7 Å². The summed E-state index contributed by atoms with van der Waals surface area (Å²) in [5.74, 6) is 0. The van der Waals surface area contributed by atoms with Crippen LogP contribution in [0.3, 0.4) is 0 Å². The van der Waals surface area contributed by atoms with Crippen LogP contribution in [0.4, 0.5) is 0 Å². The Kier molecular flexibility index (Phi) is 17.0. The number of rotatable bonds is 6. The van der Waals surface area contributed by atoms with Crippen molar-refractivity contribution in [3.63, 3.8) is 0 Å². The van der Waals surface area contributed by atoms with Crippen LogP contribution in [0.25, 0.3) is 0 Å². The third-order valence-electron chi connectivity index (χ3n) is 2.31. The van der Waals surface area contributed by atoms with E-state index in [9.17, 15) is 0 Å². The molecule has 0 aromatic heterocycles. The van der Waals surface area contributed by atoms with E-state index >= 15 is 0 Å². The van der Waals surface area contributed by atoms with Gasteiger partial charge in [-0.15, -0.1) is 0 Å². The molecule has 0 spiro atoms. The third kappa shape index (κ3) is 19.0. The van der Waals surface area contributed by atoms with Gasteiger partial charge in [0.25, 0.3) is 0 Å². The molecule has 0 bridgehead atoms. The molecule has 93 valence electrons. The molecule has 0 aliphatic rings. The Morgan fingerprint density at radius 1 is 0.867 bits per heavy atom. The minimum absolute atomic E-state index is 0.653. The van der Waals surface area contributed by atoms with Gasteiger partial charge in [0.15, 0.2) is 0 Å². The second-order valence-electron chi connectivity index (χ2n) is 3.53. The molecule has 0 saturated carbocycles. The molecule has 15 heavy (non-hydrogen) atoms. The van der Waals surface area contributed by atoms with Crippen molar-refractivity contribution in [2.24, 2.45) is 0 Å². The summed E-state index contributed by atoms with van der Waals surface area (Å²) >= 11 is -3.54. The first-order valence-corrected chi connectivity index (χ1v) is 24.7. The predicted octanol–water partition coefficient (Wildman–Crippen LogP) is 5.98. The van der Waals surface area contributed by atoms with Crippen molar-refractivity contribution in [1.29, 1.82) is 0 Å². The van der Waals surface area contributed by atoms with Crippen molar-refractivity contribution in [2.45, 2.75) is 58.3 Å². The van der Waals surface area contributed by atoms with Crippen molar-refractivity contribution in [3.05, 3.63) is 0 Å². The summed E-state index contributed by atoms with van der Waals surface area (Å²) in [4.78, 5) is 0. The summed E-state index contributed by atoms with van der Waals surface area (Å²) < 4.78 is 5.52. The molecule has 0 N–H and O–H groups in total. The maximum atomic E-state index is 5.65. The molecule has 0 heterocycles. The molecule has 1 radical (unpaired) electrons. The van der Waals surface area contributed by atoms with Crippen LogP contribution in [0.15, 0.2) is 0 Å². The minimum atomic E-state index is -2.89. The van der Waals surface area contributed by atoms with E-state index in [4.69, 9.17) is 26.8 Å². The first-order chi connectivity index (χ1) is 6.91. The van der Waals surface area contributed by atoms with E-state index in [1.807, 2.05) is 0 Å². The molecule has 0 saturated heterocycles. The normalized spacial score (nSPS) is 11.2. The molecule has 0 aliphatic carbocycles. The fourth-order valence-corrected chi connectivity index (χ4v) is 10.3. The van der Waals surface area contributed by atoms with Gasteiger partial charge in [0.1, 0.15) is 0 Å². The fraction of sp³-hybridized carbons (Fsp3) is 1.00. The van der Waals surface area contributed by atoms with Gasteiger partial charge in [0, 0.05) is 0 Å². The summed E-state index contributed by atoms with van der Waals surface area (Å²) in [6.45, 7) is 9.15. The Labute approximate surface area is 118 Å². The molecule has 0 unspecified atom stereocenters. The molecular weight excluding hydrogens is 464 g/mol. The SMILES string of the molecule is CCC[CH2][Sn]([Cl])([Cl])[Cl].C[CH2][Sn]([CH2]C)[CH2]C. The molecule has 0 aromatic carbocycles. The van der Waals surface area contributed by atoms with Gasteiger partial charge in [-0.1, -0.05) is 0 Å². The Morgan fingerprint density at radius 3 is 1.33 bits per heavy atom. The average molecular weight is 488 g/mol. The number of unbranched alkanes of at least 4 members (excludes halogenated alkanes) is 1. The van der Waals surface area contributed by atoms with Gasteiger partial charge < -0.3 is 0 Å². The zero-order chi connectivity index (χ0) is 12.3. The molecule has 0 nitrogen and oxygen atoms in total. The Morgan fingerprint density at radius 2 is 1.27 bits per heavy atom. The van der Waals surface area contributed by atoms with Crippen LogP contribution in [0.1, 0.15) is 40.5 Å². The third-order valence-corrected chi connectivity index (χ3v) is 17.3. The van der Waals surface area contributed by atoms with Gasteiger partial charge in [-0.05, 0) is 0 Å². The monoisotopic (exact) mass is 489 g/mol. The molecule has 0 aliphatic heterocycles. The summed E-state index contributed by atoms with van der Waals surface area (Å²) in [5, 5.41) is 0. The zero-order valence-electron chi connectivity index (χ0n) is 10.4. The first kappa shape index (κ1) is 19.8. The molecule has 5 heteroatoms. The van der Waals surface area contributed by atoms with Crippen molar-refractivity contribution >= 4 is 61.5 Å². The van der Waals surface area contributed by atoms with E-state index in [1.165, 1.54) is 0 Å². The van der Waals surface area contributed by atoms with Gasteiger partial charge in [0.05, 0.1) is 0 Å². The van der Waals surface area contributed by atoms with Gasteiger partial charge >= 0.3 is 120 Å². The molecule has 0 atom stereocenters. The molecule has 0 fully saturated rings. The van der Waals surface area contributed by atoms with Crippen molar-refractivity contribution in [2.75, 3.05) is 0 Å². The first-order valence-electron chi connectivity index (χ1n) is 5.81. The second kappa shape index (κ2) is 12.9. The van der Waals surface area contributed by atoms with Crippen LogP contribution in [-0.4, -0.2) is 34.8 Å². The Balaban J connectivity index is 0. The van der Waals surface area contributed by atoms with Crippen molar-refractivity contribution in [3.8, 4) is 0 Å².